The van der Waals surface area contributed by atoms with E-state index in [-0.39, 0.29) is 11.2 Å². The van der Waals surface area contributed by atoms with Crippen molar-refractivity contribution in [3.8, 4) is 0 Å². The molecule has 0 spiro atoms. The van der Waals surface area contributed by atoms with E-state index in [2.05, 4.69) is 4.84 Å². The SMILES string of the molecule is Cc1cc(F)cc(C(C)(C)CON)c1. The maximum Gasteiger partial charge on any atom is 0.123 e. The zero-order chi connectivity index (χ0) is 10.8. The lowest BCUT2D eigenvalue weighted by Gasteiger charge is -2.24. The highest BCUT2D eigenvalue weighted by Gasteiger charge is 2.21. The molecule has 0 aliphatic heterocycles. The number of aryl methyl sites for hydroxylation is 1. The molecule has 0 aliphatic rings. The van der Waals surface area contributed by atoms with Crippen molar-refractivity contribution >= 4 is 0 Å². The molecule has 2 nitrogen and oxygen atoms in total. The minimum atomic E-state index is -0.262. The average molecular weight is 197 g/mol. The van der Waals surface area contributed by atoms with Gasteiger partial charge in [-0.25, -0.2) is 10.3 Å². The molecule has 1 rings (SSSR count). The third-order valence-corrected chi connectivity index (χ3v) is 2.27. The first-order valence-electron chi connectivity index (χ1n) is 4.55. The Hall–Kier alpha value is -0.930. The van der Waals surface area contributed by atoms with E-state index in [0.29, 0.717) is 6.61 Å². The van der Waals surface area contributed by atoms with E-state index >= 15 is 0 Å². The Bertz CT molecular complexity index is 303. The Balaban J connectivity index is 3.05. The van der Waals surface area contributed by atoms with E-state index in [4.69, 9.17) is 5.90 Å². The summed E-state index contributed by atoms with van der Waals surface area (Å²) in [5, 5.41) is 0. The van der Waals surface area contributed by atoms with Gasteiger partial charge in [-0.3, -0.25) is 0 Å². The maximum absolute atomic E-state index is 13.1. The van der Waals surface area contributed by atoms with Crippen LogP contribution in [0.15, 0.2) is 18.2 Å². The molecule has 1 aromatic carbocycles. The molecular formula is C11H16FNO. The van der Waals surface area contributed by atoms with Crippen molar-refractivity contribution in [1.82, 2.24) is 0 Å². The molecule has 2 N–H and O–H groups in total. The summed E-state index contributed by atoms with van der Waals surface area (Å²) in [6.07, 6.45) is 0. The normalized spacial score (nSPS) is 11.8. The van der Waals surface area contributed by atoms with Crippen molar-refractivity contribution in [2.45, 2.75) is 26.2 Å². The van der Waals surface area contributed by atoms with Gasteiger partial charge in [-0.15, -0.1) is 0 Å². The first-order chi connectivity index (χ1) is 6.45. The van der Waals surface area contributed by atoms with E-state index < -0.39 is 0 Å². The van der Waals surface area contributed by atoms with E-state index in [0.717, 1.165) is 11.1 Å². The number of hydrogen-bond acceptors (Lipinski definition) is 2. The minimum Gasteiger partial charge on any atom is -0.304 e. The largest absolute Gasteiger partial charge is 0.304 e. The highest BCUT2D eigenvalue weighted by Crippen LogP contribution is 2.24. The smallest absolute Gasteiger partial charge is 0.123 e. The van der Waals surface area contributed by atoms with Gasteiger partial charge in [0.1, 0.15) is 5.82 Å². The van der Waals surface area contributed by atoms with Gasteiger partial charge in [-0.2, -0.15) is 0 Å². The second-order valence-corrected chi connectivity index (χ2v) is 4.21. The second-order valence-electron chi connectivity index (χ2n) is 4.21. The van der Waals surface area contributed by atoms with E-state index in [1.54, 1.807) is 0 Å². The second kappa shape index (κ2) is 4.07. The topological polar surface area (TPSA) is 35.2 Å². The fraction of sp³-hybridized carbons (Fsp3) is 0.455. The van der Waals surface area contributed by atoms with Gasteiger partial charge in [-0.1, -0.05) is 19.9 Å². The Morgan fingerprint density at radius 2 is 2.00 bits per heavy atom. The number of rotatable bonds is 3. The predicted octanol–water partition coefficient (Wildman–Crippen LogP) is 2.30. The van der Waals surface area contributed by atoms with Crippen LogP contribution in [0.25, 0.3) is 0 Å². The Morgan fingerprint density at radius 1 is 1.36 bits per heavy atom. The fourth-order valence-electron chi connectivity index (χ4n) is 1.42. The van der Waals surface area contributed by atoms with E-state index in [1.165, 1.54) is 12.1 Å². The summed E-state index contributed by atoms with van der Waals surface area (Å²) in [4.78, 5) is 4.62. The number of halogens is 1. The molecule has 0 fully saturated rings. The van der Waals surface area contributed by atoms with Crippen molar-refractivity contribution in [3.63, 3.8) is 0 Å². The van der Waals surface area contributed by atoms with Gasteiger partial charge < -0.3 is 4.84 Å². The molecule has 0 amide bonds. The highest BCUT2D eigenvalue weighted by atomic mass is 19.1. The molecule has 78 valence electrons. The molecule has 0 aliphatic carbocycles. The van der Waals surface area contributed by atoms with Crippen LogP contribution < -0.4 is 5.90 Å². The van der Waals surface area contributed by atoms with Crippen molar-refractivity contribution in [2.75, 3.05) is 6.61 Å². The van der Waals surface area contributed by atoms with Gasteiger partial charge in [0.15, 0.2) is 0 Å². The summed E-state index contributed by atoms with van der Waals surface area (Å²) < 4.78 is 13.1. The van der Waals surface area contributed by atoms with Gasteiger partial charge in [0.05, 0.1) is 6.61 Å². The first-order valence-corrected chi connectivity index (χ1v) is 4.55. The van der Waals surface area contributed by atoms with Crippen molar-refractivity contribution in [3.05, 3.63) is 35.1 Å². The molecule has 3 heteroatoms. The molecule has 1 aromatic rings. The molecule has 0 unspecified atom stereocenters. The fourth-order valence-corrected chi connectivity index (χ4v) is 1.42. The number of hydrogen-bond donors (Lipinski definition) is 1. The number of benzene rings is 1. The van der Waals surface area contributed by atoms with Crippen molar-refractivity contribution in [2.24, 2.45) is 5.90 Å². The van der Waals surface area contributed by atoms with Crippen LogP contribution in [0.3, 0.4) is 0 Å². The Kier molecular flexibility index (Phi) is 3.24. The van der Waals surface area contributed by atoms with Crippen LogP contribution in [0.1, 0.15) is 25.0 Å². The van der Waals surface area contributed by atoms with Gasteiger partial charge in [0.2, 0.25) is 0 Å². The summed E-state index contributed by atoms with van der Waals surface area (Å²) in [5.41, 5.74) is 1.55. The lowest BCUT2D eigenvalue weighted by molar-refractivity contribution is 0.0963. The first kappa shape index (κ1) is 11.1. The molecule has 0 atom stereocenters. The zero-order valence-electron chi connectivity index (χ0n) is 8.80. The van der Waals surface area contributed by atoms with E-state index in [1.807, 2.05) is 26.8 Å². The standard InChI is InChI=1S/C11H16FNO/c1-8-4-9(6-10(12)5-8)11(2,3)7-14-13/h4-6H,7,13H2,1-3H3. The minimum absolute atomic E-state index is 0.218. The Labute approximate surface area is 83.8 Å². The molecule has 0 radical (unpaired) electrons. The number of nitrogens with two attached hydrogens (primary N) is 1. The Morgan fingerprint density at radius 3 is 2.50 bits per heavy atom. The summed E-state index contributed by atoms with van der Waals surface area (Å²) in [6, 6.07) is 4.97. The molecule has 0 saturated carbocycles. The molecule has 0 heterocycles. The van der Waals surface area contributed by atoms with Crippen molar-refractivity contribution < 1.29 is 9.23 Å². The molecule has 0 bridgehead atoms. The van der Waals surface area contributed by atoms with Crippen LogP contribution >= 0.6 is 0 Å². The lowest BCUT2D eigenvalue weighted by Crippen LogP contribution is -2.26. The monoisotopic (exact) mass is 197 g/mol. The van der Waals surface area contributed by atoms with Crippen LogP contribution in [0, 0.1) is 12.7 Å². The predicted molar refractivity (Wildman–Crippen MR) is 54.3 cm³/mol. The van der Waals surface area contributed by atoms with Crippen LogP contribution in [0.2, 0.25) is 0 Å². The van der Waals surface area contributed by atoms with Gasteiger partial charge in [-0.05, 0) is 30.2 Å². The quantitative estimate of drug-likeness (QED) is 0.754. The molecular weight excluding hydrogens is 181 g/mol. The summed E-state index contributed by atoms with van der Waals surface area (Å²) in [6.45, 7) is 6.17. The zero-order valence-corrected chi connectivity index (χ0v) is 8.80. The van der Waals surface area contributed by atoms with Gasteiger partial charge in [0.25, 0.3) is 0 Å². The lowest BCUT2D eigenvalue weighted by atomic mass is 9.85. The van der Waals surface area contributed by atoms with Crippen LogP contribution in [0.4, 0.5) is 4.39 Å². The third kappa shape index (κ3) is 2.53. The summed E-state index contributed by atoms with van der Waals surface area (Å²) in [7, 11) is 0. The van der Waals surface area contributed by atoms with Gasteiger partial charge in [0, 0.05) is 5.41 Å². The molecule has 0 aromatic heterocycles. The maximum atomic E-state index is 13.1. The third-order valence-electron chi connectivity index (χ3n) is 2.27. The van der Waals surface area contributed by atoms with Gasteiger partial charge >= 0.3 is 0 Å². The van der Waals surface area contributed by atoms with Crippen LogP contribution in [-0.2, 0) is 10.3 Å². The molecule has 14 heavy (non-hydrogen) atoms. The van der Waals surface area contributed by atoms with Crippen molar-refractivity contribution in [1.29, 1.82) is 0 Å². The highest BCUT2D eigenvalue weighted by molar-refractivity contribution is 5.29. The van der Waals surface area contributed by atoms with Crippen LogP contribution in [0.5, 0.6) is 0 Å². The summed E-state index contributed by atoms with van der Waals surface area (Å²) in [5.74, 6) is 4.82. The summed E-state index contributed by atoms with van der Waals surface area (Å²) >= 11 is 0. The average Bonchev–Trinajstić information content (AvgIpc) is 2.02. The van der Waals surface area contributed by atoms with E-state index in [9.17, 15) is 4.39 Å². The molecule has 0 saturated heterocycles. The van der Waals surface area contributed by atoms with Crippen LogP contribution in [-0.4, -0.2) is 6.61 Å².